The summed E-state index contributed by atoms with van der Waals surface area (Å²) in [6.07, 6.45) is 0. The molecule has 26 heavy (non-hydrogen) atoms. The van der Waals surface area contributed by atoms with Gasteiger partial charge in [-0.25, -0.2) is 4.39 Å². The number of hydrogen-bond acceptors (Lipinski definition) is 2. The molecule has 0 aliphatic heterocycles. The number of aromatic nitrogens is 1. The van der Waals surface area contributed by atoms with Crippen LogP contribution in [0.2, 0.25) is 0 Å². The first-order valence-corrected chi connectivity index (χ1v) is 8.06. The molecule has 0 saturated heterocycles. The van der Waals surface area contributed by atoms with E-state index in [0.717, 1.165) is 16.6 Å². The summed E-state index contributed by atoms with van der Waals surface area (Å²) < 4.78 is 21.7. The Bertz CT molecular complexity index is 1100. The first-order valence-electron chi connectivity index (χ1n) is 8.06. The van der Waals surface area contributed by atoms with Gasteiger partial charge in [0.25, 0.3) is 0 Å². The summed E-state index contributed by atoms with van der Waals surface area (Å²) in [6.45, 7) is 0. The fourth-order valence-electron chi connectivity index (χ4n) is 2.89. The van der Waals surface area contributed by atoms with E-state index in [9.17, 15) is 9.18 Å². The van der Waals surface area contributed by atoms with Crippen molar-refractivity contribution in [3.63, 3.8) is 0 Å². The van der Waals surface area contributed by atoms with E-state index in [4.69, 9.17) is 10.5 Å². The quantitative estimate of drug-likeness (QED) is 0.584. The van der Waals surface area contributed by atoms with Crippen molar-refractivity contribution in [2.75, 3.05) is 0 Å². The van der Waals surface area contributed by atoms with Crippen molar-refractivity contribution in [3.05, 3.63) is 90.2 Å². The fraction of sp³-hybridized carbons (Fsp3) is 0. The van der Waals surface area contributed by atoms with Gasteiger partial charge in [-0.2, -0.15) is 0 Å². The molecule has 1 amide bonds. The number of fused-ring (bicyclic) bond motifs is 1. The van der Waals surface area contributed by atoms with Crippen LogP contribution in [0.15, 0.2) is 78.9 Å². The smallest absolute Gasteiger partial charge is 0.248 e. The SMILES string of the molecule is NC(=O)c1ccc2cc(Oc3ccccc3F)n(-c3ccccc3)c2c1. The zero-order valence-electron chi connectivity index (χ0n) is 13.7. The predicted octanol–water partition coefficient (Wildman–Crippen LogP) is 4.66. The summed E-state index contributed by atoms with van der Waals surface area (Å²) in [5.41, 5.74) is 7.39. The van der Waals surface area contributed by atoms with Crippen molar-refractivity contribution >= 4 is 16.8 Å². The van der Waals surface area contributed by atoms with E-state index >= 15 is 0 Å². The van der Waals surface area contributed by atoms with E-state index in [2.05, 4.69) is 0 Å². The number of carbonyl (C=O) groups is 1. The average molecular weight is 346 g/mol. The zero-order valence-corrected chi connectivity index (χ0v) is 13.7. The molecule has 4 rings (SSSR count). The summed E-state index contributed by atoms with van der Waals surface area (Å²) in [5.74, 6) is -0.389. The lowest BCUT2D eigenvalue weighted by molar-refractivity contribution is 0.100. The van der Waals surface area contributed by atoms with Crippen LogP contribution in [0.5, 0.6) is 11.6 Å². The summed E-state index contributed by atoms with van der Waals surface area (Å²) in [4.78, 5) is 11.6. The van der Waals surface area contributed by atoms with E-state index < -0.39 is 11.7 Å². The third-order valence-corrected chi connectivity index (χ3v) is 4.12. The first-order chi connectivity index (χ1) is 12.6. The molecule has 5 heteroatoms. The van der Waals surface area contributed by atoms with Crippen LogP contribution >= 0.6 is 0 Å². The number of amides is 1. The van der Waals surface area contributed by atoms with Crippen molar-refractivity contribution in [2.45, 2.75) is 0 Å². The number of para-hydroxylation sites is 2. The van der Waals surface area contributed by atoms with Gasteiger partial charge in [0.05, 0.1) is 5.52 Å². The van der Waals surface area contributed by atoms with E-state index in [1.54, 1.807) is 42.5 Å². The van der Waals surface area contributed by atoms with Crippen LogP contribution in [0.4, 0.5) is 4.39 Å². The molecule has 0 atom stereocenters. The Balaban J connectivity index is 1.94. The molecule has 4 nitrogen and oxygen atoms in total. The minimum absolute atomic E-state index is 0.127. The van der Waals surface area contributed by atoms with Crippen molar-refractivity contribution in [1.29, 1.82) is 0 Å². The second-order valence-electron chi connectivity index (χ2n) is 5.82. The highest BCUT2D eigenvalue weighted by Gasteiger charge is 2.15. The first kappa shape index (κ1) is 15.9. The Hall–Kier alpha value is -3.60. The molecule has 4 aromatic rings. The second kappa shape index (κ2) is 6.37. The van der Waals surface area contributed by atoms with Crippen LogP contribution < -0.4 is 10.5 Å². The van der Waals surface area contributed by atoms with Crippen LogP contribution in [-0.4, -0.2) is 10.5 Å². The zero-order chi connectivity index (χ0) is 18.1. The van der Waals surface area contributed by atoms with Gasteiger partial charge in [-0.1, -0.05) is 36.4 Å². The van der Waals surface area contributed by atoms with Gasteiger partial charge in [-0.15, -0.1) is 0 Å². The number of halogens is 1. The monoisotopic (exact) mass is 346 g/mol. The van der Waals surface area contributed by atoms with E-state index in [-0.39, 0.29) is 5.75 Å². The fourth-order valence-corrected chi connectivity index (χ4v) is 2.89. The molecule has 0 aliphatic rings. The molecule has 0 fully saturated rings. The van der Waals surface area contributed by atoms with Gasteiger partial charge in [0.2, 0.25) is 11.8 Å². The average Bonchev–Trinajstić information content (AvgIpc) is 3.01. The molecule has 128 valence electrons. The standard InChI is InChI=1S/C21H15FN2O2/c22-17-8-4-5-9-19(17)26-20-13-14-10-11-15(21(23)25)12-18(14)24(20)16-6-2-1-3-7-16/h1-13H,(H2,23,25). The highest BCUT2D eigenvalue weighted by Crippen LogP contribution is 2.34. The number of primary amides is 1. The molecule has 0 radical (unpaired) electrons. The lowest BCUT2D eigenvalue weighted by Gasteiger charge is -2.12. The number of benzene rings is 3. The van der Waals surface area contributed by atoms with Crippen LogP contribution in [-0.2, 0) is 0 Å². The predicted molar refractivity (Wildman–Crippen MR) is 98.3 cm³/mol. The minimum atomic E-state index is -0.510. The maximum atomic E-state index is 14.0. The maximum Gasteiger partial charge on any atom is 0.248 e. The van der Waals surface area contributed by atoms with Crippen molar-refractivity contribution in [3.8, 4) is 17.3 Å². The maximum absolute atomic E-state index is 14.0. The van der Waals surface area contributed by atoms with Gasteiger partial charge < -0.3 is 10.5 Å². The number of nitrogens with two attached hydrogens (primary N) is 1. The van der Waals surface area contributed by atoms with E-state index in [1.807, 2.05) is 34.9 Å². The highest BCUT2D eigenvalue weighted by atomic mass is 19.1. The lowest BCUT2D eigenvalue weighted by atomic mass is 10.1. The van der Waals surface area contributed by atoms with Crippen molar-refractivity contribution in [1.82, 2.24) is 4.57 Å². The van der Waals surface area contributed by atoms with Gasteiger partial charge in [-0.05, 0) is 36.4 Å². The Kier molecular flexibility index (Phi) is 3.89. The lowest BCUT2D eigenvalue weighted by Crippen LogP contribution is -2.10. The number of carbonyl (C=O) groups excluding carboxylic acids is 1. The largest absolute Gasteiger partial charge is 0.437 e. The van der Waals surface area contributed by atoms with Crippen molar-refractivity contribution < 1.29 is 13.9 Å². The molecule has 0 bridgehead atoms. The third kappa shape index (κ3) is 2.80. The molecule has 1 heterocycles. The van der Waals surface area contributed by atoms with Gasteiger partial charge >= 0.3 is 0 Å². The second-order valence-corrected chi connectivity index (χ2v) is 5.82. The Morgan fingerprint density at radius 2 is 1.65 bits per heavy atom. The van der Waals surface area contributed by atoms with E-state index in [1.165, 1.54) is 6.07 Å². The summed E-state index contributed by atoms with van der Waals surface area (Å²) in [5, 5.41) is 0.852. The van der Waals surface area contributed by atoms with E-state index in [0.29, 0.717) is 11.4 Å². The Morgan fingerprint density at radius 3 is 2.38 bits per heavy atom. The van der Waals surface area contributed by atoms with Gasteiger partial charge in [0.1, 0.15) is 0 Å². The molecular weight excluding hydrogens is 331 g/mol. The van der Waals surface area contributed by atoms with Gasteiger partial charge in [0.15, 0.2) is 11.6 Å². The highest BCUT2D eigenvalue weighted by molar-refractivity contribution is 5.97. The summed E-state index contributed by atoms with van der Waals surface area (Å²) >= 11 is 0. The van der Waals surface area contributed by atoms with Crippen LogP contribution in [0.25, 0.3) is 16.6 Å². The number of hydrogen-bond donors (Lipinski definition) is 1. The Morgan fingerprint density at radius 1 is 0.923 bits per heavy atom. The topological polar surface area (TPSA) is 57.3 Å². The molecule has 0 saturated carbocycles. The molecule has 1 aromatic heterocycles. The number of rotatable bonds is 4. The molecule has 0 aliphatic carbocycles. The van der Waals surface area contributed by atoms with Crippen LogP contribution in [0.1, 0.15) is 10.4 Å². The normalized spacial score (nSPS) is 10.8. The van der Waals surface area contributed by atoms with Gasteiger partial charge in [0, 0.05) is 22.7 Å². The molecule has 2 N–H and O–H groups in total. The van der Waals surface area contributed by atoms with Crippen molar-refractivity contribution in [2.24, 2.45) is 5.73 Å². The number of nitrogens with zero attached hydrogens (tertiary/aromatic N) is 1. The summed E-state index contributed by atoms with van der Waals surface area (Å²) in [6, 6.07) is 22.7. The number of ether oxygens (including phenoxy) is 1. The third-order valence-electron chi connectivity index (χ3n) is 4.12. The summed E-state index contributed by atoms with van der Waals surface area (Å²) in [7, 11) is 0. The molecule has 0 unspecified atom stereocenters. The van der Waals surface area contributed by atoms with Crippen LogP contribution in [0, 0.1) is 5.82 Å². The molecular formula is C21H15FN2O2. The molecule has 3 aromatic carbocycles. The minimum Gasteiger partial charge on any atom is -0.437 e. The Labute approximate surface area is 149 Å². The molecule has 0 spiro atoms. The van der Waals surface area contributed by atoms with Gasteiger partial charge in [-0.3, -0.25) is 9.36 Å². The van der Waals surface area contributed by atoms with Crippen LogP contribution in [0.3, 0.4) is 0 Å².